The fourth-order valence-electron chi connectivity index (χ4n) is 3.32. The monoisotopic (exact) mass is 418 g/mol. The first-order chi connectivity index (χ1) is 14.9. The van der Waals surface area contributed by atoms with Crippen molar-refractivity contribution in [1.82, 2.24) is 9.88 Å². The van der Waals surface area contributed by atoms with Gasteiger partial charge in [0.2, 0.25) is 0 Å². The van der Waals surface area contributed by atoms with E-state index in [9.17, 15) is 9.59 Å². The number of carbonyl (C=O) groups excluding carboxylic acids is 2. The Bertz CT molecular complexity index is 1100. The SMILES string of the molecule is C=CCNC(=O)Nc1ccc(NC(=O)c2cc(C)n(-c3cccc(OC)c3)c2C)cc1. The van der Waals surface area contributed by atoms with Crippen molar-refractivity contribution < 1.29 is 14.3 Å². The standard InChI is InChI=1S/C24H26N4O3/c1-5-13-25-24(30)27-19-11-9-18(10-12-19)26-23(29)22-14-16(2)28(17(22)3)20-7-6-8-21(15-20)31-4/h5-12,14-15H,1,13H2,2-4H3,(H,26,29)(H2,25,27,30). The zero-order valence-electron chi connectivity index (χ0n) is 17.9. The second kappa shape index (κ2) is 9.67. The molecule has 1 heterocycles. The predicted octanol–water partition coefficient (Wildman–Crippen LogP) is 4.66. The quantitative estimate of drug-likeness (QED) is 0.488. The van der Waals surface area contributed by atoms with Crippen LogP contribution in [0.25, 0.3) is 5.69 Å². The summed E-state index contributed by atoms with van der Waals surface area (Å²) in [5.41, 5.74) is 4.55. The van der Waals surface area contributed by atoms with Gasteiger partial charge in [-0.1, -0.05) is 12.1 Å². The maximum atomic E-state index is 12.9. The van der Waals surface area contributed by atoms with E-state index in [1.54, 1.807) is 37.5 Å². The van der Waals surface area contributed by atoms with E-state index in [0.717, 1.165) is 22.8 Å². The van der Waals surface area contributed by atoms with E-state index in [1.807, 2.05) is 48.7 Å². The van der Waals surface area contributed by atoms with Crippen molar-refractivity contribution in [1.29, 1.82) is 0 Å². The van der Waals surface area contributed by atoms with Gasteiger partial charge in [0, 0.05) is 41.1 Å². The van der Waals surface area contributed by atoms with Crippen LogP contribution in [0, 0.1) is 13.8 Å². The fourth-order valence-corrected chi connectivity index (χ4v) is 3.32. The average Bonchev–Trinajstić information content (AvgIpc) is 3.07. The van der Waals surface area contributed by atoms with Crippen molar-refractivity contribution in [2.45, 2.75) is 13.8 Å². The summed E-state index contributed by atoms with van der Waals surface area (Å²) in [6.45, 7) is 7.81. The molecule has 0 aliphatic carbocycles. The van der Waals surface area contributed by atoms with Crippen LogP contribution in [0.4, 0.5) is 16.2 Å². The third kappa shape index (κ3) is 5.14. The van der Waals surface area contributed by atoms with Crippen LogP contribution < -0.4 is 20.7 Å². The normalized spacial score (nSPS) is 10.3. The number of ether oxygens (including phenoxy) is 1. The summed E-state index contributed by atoms with van der Waals surface area (Å²) < 4.78 is 7.34. The first-order valence-corrected chi connectivity index (χ1v) is 9.83. The van der Waals surface area contributed by atoms with Crippen LogP contribution in [0.5, 0.6) is 5.75 Å². The molecular formula is C24H26N4O3. The number of aromatic nitrogens is 1. The second-order valence-corrected chi connectivity index (χ2v) is 6.98. The third-order valence-electron chi connectivity index (χ3n) is 4.79. The molecule has 0 unspecified atom stereocenters. The van der Waals surface area contributed by atoms with E-state index < -0.39 is 0 Å². The van der Waals surface area contributed by atoms with Gasteiger partial charge in [-0.15, -0.1) is 6.58 Å². The lowest BCUT2D eigenvalue weighted by Gasteiger charge is -2.12. The molecule has 0 aliphatic rings. The van der Waals surface area contributed by atoms with Gasteiger partial charge >= 0.3 is 6.03 Å². The molecule has 31 heavy (non-hydrogen) atoms. The van der Waals surface area contributed by atoms with Gasteiger partial charge in [0.15, 0.2) is 0 Å². The smallest absolute Gasteiger partial charge is 0.319 e. The Morgan fingerprint density at radius 3 is 2.35 bits per heavy atom. The van der Waals surface area contributed by atoms with Crippen molar-refractivity contribution >= 4 is 23.3 Å². The molecule has 0 aliphatic heterocycles. The molecule has 3 aromatic rings. The highest BCUT2D eigenvalue weighted by atomic mass is 16.5. The molecule has 0 saturated heterocycles. The van der Waals surface area contributed by atoms with Gasteiger partial charge in [-0.25, -0.2) is 4.79 Å². The van der Waals surface area contributed by atoms with E-state index >= 15 is 0 Å². The second-order valence-electron chi connectivity index (χ2n) is 6.98. The summed E-state index contributed by atoms with van der Waals surface area (Å²) in [5, 5.41) is 8.26. The zero-order chi connectivity index (χ0) is 22.4. The van der Waals surface area contributed by atoms with Crippen LogP contribution in [0.3, 0.4) is 0 Å². The first-order valence-electron chi connectivity index (χ1n) is 9.83. The Morgan fingerprint density at radius 1 is 1.03 bits per heavy atom. The maximum absolute atomic E-state index is 12.9. The highest BCUT2D eigenvalue weighted by molar-refractivity contribution is 6.05. The number of hydrogen-bond acceptors (Lipinski definition) is 3. The van der Waals surface area contributed by atoms with Crippen LogP contribution in [-0.2, 0) is 0 Å². The van der Waals surface area contributed by atoms with Gasteiger partial charge in [-0.05, 0) is 56.3 Å². The predicted molar refractivity (Wildman–Crippen MR) is 123 cm³/mol. The number of rotatable bonds is 7. The topological polar surface area (TPSA) is 84.4 Å². The molecule has 0 radical (unpaired) electrons. The number of urea groups is 1. The molecule has 0 atom stereocenters. The molecule has 0 saturated carbocycles. The highest BCUT2D eigenvalue weighted by Gasteiger charge is 2.17. The van der Waals surface area contributed by atoms with Gasteiger partial charge < -0.3 is 25.3 Å². The lowest BCUT2D eigenvalue weighted by Crippen LogP contribution is -2.28. The number of nitrogens with zero attached hydrogens (tertiary/aromatic N) is 1. The molecule has 3 rings (SSSR count). The lowest BCUT2D eigenvalue weighted by molar-refractivity contribution is 0.102. The number of nitrogens with one attached hydrogen (secondary N) is 3. The van der Waals surface area contributed by atoms with E-state index in [1.165, 1.54) is 0 Å². The summed E-state index contributed by atoms with van der Waals surface area (Å²) in [6, 6.07) is 16.2. The average molecular weight is 418 g/mol. The van der Waals surface area contributed by atoms with E-state index in [-0.39, 0.29) is 11.9 Å². The molecule has 7 nitrogen and oxygen atoms in total. The Hall–Kier alpha value is -4.00. The van der Waals surface area contributed by atoms with E-state index in [2.05, 4.69) is 22.5 Å². The molecule has 1 aromatic heterocycles. The van der Waals surface area contributed by atoms with E-state index in [0.29, 0.717) is 23.5 Å². The summed E-state index contributed by atoms with van der Waals surface area (Å²) in [4.78, 5) is 24.6. The molecule has 160 valence electrons. The molecule has 2 aromatic carbocycles. The summed E-state index contributed by atoms with van der Waals surface area (Å²) in [6.07, 6.45) is 1.60. The number of carbonyl (C=O) groups is 2. The molecule has 0 fully saturated rings. The van der Waals surface area contributed by atoms with Gasteiger partial charge in [-0.2, -0.15) is 0 Å². The largest absolute Gasteiger partial charge is 0.497 e. The highest BCUT2D eigenvalue weighted by Crippen LogP contribution is 2.24. The van der Waals surface area contributed by atoms with Crippen LogP contribution in [0.1, 0.15) is 21.7 Å². The van der Waals surface area contributed by atoms with Crippen LogP contribution in [0.15, 0.2) is 67.3 Å². The van der Waals surface area contributed by atoms with E-state index in [4.69, 9.17) is 4.74 Å². The Balaban J connectivity index is 1.74. The van der Waals surface area contributed by atoms with Crippen molar-refractivity contribution in [3.05, 3.63) is 84.2 Å². The Kier molecular flexibility index (Phi) is 6.77. The minimum atomic E-state index is -0.318. The van der Waals surface area contributed by atoms with Gasteiger partial charge in [0.05, 0.1) is 12.7 Å². The molecule has 3 N–H and O–H groups in total. The summed E-state index contributed by atoms with van der Waals surface area (Å²) >= 11 is 0. The number of amides is 3. The molecular weight excluding hydrogens is 392 g/mol. The first kappa shape index (κ1) is 21.7. The number of anilines is 2. The van der Waals surface area contributed by atoms with Crippen LogP contribution >= 0.6 is 0 Å². The van der Waals surface area contributed by atoms with Gasteiger partial charge in [0.1, 0.15) is 5.75 Å². The molecule has 0 bridgehead atoms. The van der Waals surface area contributed by atoms with Crippen molar-refractivity contribution in [3.8, 4) is 11.4 Å². The maximum Gasteiger partial charge on any atom is 0.319 e. The lowest BCUT2D eigenvalue weighted by atomic mass is 10.2. The van der Waals surface area contributed by atoms with Crippen molar-refractivity contribution in [2.24, 2.45) is 0 Å². The van der Waals surface area contributed by atoms with Crippen LogP contribution in [0.2, 0.25) is 0 Å². The third-order valence-corrected chi connectivity index (χ3v) is 4.79. The van der Waals surface area contributed by atoms with Gasteiger partial charge in [-0.3, -0.25) is 4.79 Å². The number of aryl methyl sites for hydroxylation is 1. The molecule has 3 amide bonds. The number of methoxy groups -OCH3 is 1. The Morgan fingerprint density at radius 2 is 1.71 bits per heavy atom. The van der Waals surface area contributed by atoms with Crippen molar-refractivity contribution in [2.75, 3.05) is 24.3 Å². The zero-order valence-corrected chi connectivity index (χ0v) is 17.9. The summed E-state index contributed by atoms with van der Waals surface area (Å²) in [5.74, 6) is 0.551. The Labute approximate surface area is 181 Å². The number of benzene rings is 2. The minimum absolute atomic E-state index is 0.202. The molecule has 7 heteroatoms. The van der Waals surface area contributed by atoms with Crippen LogP contribution in [-0.4, -0.2) is 30.2 Å². The van der Waals surface area contributed by atoms with Crippen molar-refractivity contribution in [3.63, 3.8) is 0 Å². The number of hydrogen-bond donors (Lipinski definition) is 3. The molecule has 0 spiro atoms. The fraction of sp³-hybridized carbons (Fsp3) is 0.167. The summed E-state index contributed by atoms with van der Waals surface area (Å²) in [7, 11) is 1.63. The minimum Gasteiger partial charge on any atom is -0.497 e. The van der Waals surface area contributed by atoms with Gasteiger partial charge in [0.25, 0.3) is 5.91 Å².